The van der Waals surface area contributed by atoms with Crippen LogP contribution in [0.1, 0.15) is 24.2 Å². The van der Waals surface area contributed by atoms with Crippen LogP contribution in [0.2, 0.25) is 0 Å². The molecule has 0 bridgehead atoms. The number of nitrogens with zero attached hydrogens (tertiary/aromatic N) is 2. The molecule has 0 unspecified atom stereocenters. The molecule has 6 heteroatoms. The van der Waals surface area contributed by atoms with Gasteiger partial charge in [0.2, 0.25) is 0 Å². The van der Waals surface area contributed by atoms with Crippen LogP contribution in [0, 0.1) is 6.92 Å². The second-order valence-electron chi connectivity index (χ2n) is 4.68. The average Bonchev–Trinajstić information content (AvgIpc) is 2.32. The number of halogens is 2. The van der Waals surface area contributed by atoms with E-state index in [1.807, 2.05) is 6.92 Å². The number of piperidine rings is 1. The molecule has 1 aromatic heterocycles. The molecule has 0 spiro atoms. The van der Waals surface area contributed by atoms with Crippen LogP contribution in [-0.4, -0.2) is 35.3 Å². The zero-order valence-electron chi connectivity index (χ0n) is 10.6. The van der Waals surface area contributed by atoms with Gasteiger partial charge in [-0.2, -0.15) is 0 Å². The minimum atomic E-state index is -1.07. The first kappa shape index (κ1) is 15.3. The van der Waals surface area contributed by atoms with Crippen molar-refractivity contribution in [3.05, 3.63) is 23.8 Å². The van der Waals surface area contributed by atoms with Gasteiger partial charge in [-0.25, -0.2) is 14.4 Å². The lowest BCUT2D eigenvalue weighted by molar-refractivity contribution is 0.113. The van der Waals surface area contributed by atoms with E-state index in [0.29, 0.717) is 31.8 Å². The lowest BCUT2D eigenvalue weighted by Gasteiger charge is -2.30. The Bertz CT molecular complexity index is 352. The molecular weight excluding hydrogens is 255 g/mol. The first-order chi connectivity index (χ1) is 8.18. The van der Waals surface area contributed by atoms with E-state index in [9.17, 15) is 4.39 Å². The second-order valence-corrected chi connectivity index (χ2v) is 4.68. The molecule has 1 fully saturated rings. The lowest BCUT2D eigenvalue weighted by Crippen LogP contribution is -2.45. The molecule has 2 rings (SSSR count). The van der Waals surface area contributed by atoms with Crippen LogP contribution in [0.5, 0.6) is 0 Å². The van der Waals surface area contributed by atoms with Crippen molar-refractivity contribution in [2.24, 2.45) is 0 Å². The highest BCUT2D eigenvalue weighted by Gasteiger charge is 2.30. The molecule has 0 aromatic carbocycles. The lowest BCUT2D eigenvalue weighted by atomic mass is 9.94. The number of hydrogen-bond donors (Lipinski definition) is 2. The molecule has 2 heterocycles. The molecule has 0 amide bonds. The number of aromatic nitrogens is 2. The van der Waals surface area contributed by atoms with E-state index in [2.05, 4.69) is 20.6 Å². The summed E-state index contributed by atoms with van der Waals surface area (Å²) >= 11 is 0. The minimum Gasteiger partial charge on any atom is -0.316 e. The van der Waals surface area contributed by atoms with Crippen LogP contribution in [0.3, 0.4) is 0 Å². The third-order valence-electron chi connectivity index (χ3n) is 3.06. The Morgan fingerprint density at radius 2 is 1.94 bits per heavy atom. The maximum absolute atomic E-state index is 14.2. The summed E-state index contributed by atoms with van der Waals surface area (Å²) in [4.78, 5) is 8.35. The van der Waals surface area contributed by atoms with Crippen LogP contribution in [0.15, 0.2) is 12.4 Å². The maximum Gasteiger partial charge on any atom is 0.141 e. The van der Waals surface area contributed by atoms with Crippen molar-refractivity contribution in [3.8, 4) is 0 Å². The van der Waals surface area contributed by atoms with E-state index in [1.165, 1.54) is 0 Å². The molecule has 0 aliphatic carbocycles. The monoisotopic (exact) mass is 274 g/mol. The van der Waals surface area contributed by atoms with Crippen molar-refractivity contribution < 1.29 is 4.39 Å². The van der Waals surface area contributed by atoms with Crippen molar-refractivity contribution in [2.75, 3.05) is 19.6 Å². The van der Waals surface area contributed by atoms with E-state index >= 15 is 0 Å². The predicted octanol–water partition coefficient (Wildman–Crippen LogP) is 1.39. The topological polar surface area (TPSA) is 49.8 Å². The molecule has 0 atom stereocenters. The van der Waals surface area contributed by atoms with Crippen LogP contribution < -0.4 is 10.6 Å². The van der Waals surface area contributed by atoms with E-state index in [0.717, 1.165) is 18.7 Å². The zero-order chi connectivity index (χ0) is 12.1. The Morgan fingerprint density at radius 1 is 1.33 bits per heavy atom. The summed E-state index contributed by atoms with van der Waals surface area (Å²) in [5.74, 6) is 0.716. The minimum absolute atomic E-state index is 0. The first-order valence-corrected chi connectivity index (χ1v) is 6.06. The molecule has 4 nitrogen and oxygen atoms in total. The normalized spacial score (nSPS) is 18.1. The van der Waals surface area contributed by atoms with Gasteiger partial charge >= 0.3 is 0 Å². The van der Waals surface area contributed by atoms with Crippen LogP contribution in [0.25, 0.3) is 0 Å². The molecular formula is C12H20ClFN4. The third-order valence-corrected chi connectivity index (χ3v) is 3.06. The van der Waals surface area contributed by atoms with Crippen molar-refractivity contribution in [2.45, 2.75) is 32.0 Å². The van der Waals surface area contributed by atoms with Crippen LogP contribution in [0.4, 0.5) is 4.39 Å². The zero-order valence-corrected chi connectivity index (χ0v) is 11.4. The van der Waals surface area contributed by atoms with Crippen molar-refractivity contribution >= 4 is 12.4 Å². The van der Waals surface area contributed by atoms with Crippen LogP contribution in [-0.2, 0) is 6.54 Å². The Balaban J connectivity index is 0.00000162. The number of rotatable bonds is 4. The Labute approximate surface area is 113 Å². The first-order valence-electron chi connectivity index (χ1n) is 6.06. The van der Waals surface area contributed by atoms with Gasteiger partial charge in [0.15, 0.2) is 0 Å². The van der Waals surface area contributed by atoms with Crippen LogP contribution >= 0.6 is 12.4 Å². The van der Waals surface area contributed by atoms with E-state index in [-0.39, 0.29) is 12.4 Å². The summed E-state index contributed by atoms with van der Waals surface area (Å²) in [6, 6.07) is 0. The van der Waals surface area contributed by atoms with Crippen molar-refractivity contribution in [1.29, 1.82) is 0 Å². The summed E-state index contributed by atoms with van der Waals surface area (Å²) in [5.41, 5.74) is -0.0373. The number of nitrogens with one attached hydrogen (secondary N) is 2. The molecule has 0 radical (unpaired) electrons. The number of alkyl halides is 1. The van der Waals surface area contributed by atoms with E-state index < -0.39 is 5.67 Å². The average molecular weight is 275 g/mol. The third kappa shape index (κ3) is 4.48. The Kier molecular flexibility index (Phi) is 5.91. The highest BCUT2D eigenvalue weighted by molar-refractivity contribution is 5.85. The summed E-state index contributed by atoms with van der Waals surface area (Å²) in [6.45, 7) is 4.38. The fourth-order valence-corrected chi connectivity index (χ4v) is 1.96. The van der Waals surface area contributed by atoms with Gasteiger partial charge in [-0.05, 0) is 38.4 Å². The highest BCUT2D eigenvalue weighted by Crippen LogP contribution is 2.21. The fourth-order valence-electron chi connectivity index (χ4n) is 1.96. The van der Waals surface area contributed by atoms with Gasteiger partial charge in [-0.3, -0.25) is 0 Å². The van der Waals surface area contributed by atoms with Crippen molar-refractivity contribution in [1.82, 2.24) is 20.6 Å². The predicted molar refractivity (Wildman–Crippen MR) is 71.7 cm³/mol. The number of aryl methyl sites for hydroxylation is 1. The Hall–Kier alpha value is -0.780. The molecule has 102 valence electrons. The molecule has 18 heavy (non-hydrogen) atoms. The van der Waals surface area contributed by atoms with Gasteiger partial charge in [0.25, 0.3) is 0 Å². The van der Waals surface area contributed by atoms with Gasteiger partial charge in [0, 0.05) is 18.9 Å². The summed E-state index contributed by atoms with van der Waals surface area (Å²) in [6.07, 6.45) is 4.71. The standard InChI is InChI=1S/C12H19FN4.ClH/c1-10-6-16-11(17-7-10)8-15-9-12(13)2-4-14-5-3-12;/h6-7,14-15H,2-5,8-9H2,1H3;1H. The quantitative estimate of drug-likeness (QED) is 0.871. The molecule has 0 saturated carbocycles. The van der Waals surface area contributed by atoms with Gasteiger partial charge < -0.3 is 10.6 Å². The molecule has 2 N–H and O–H groups in total. The van der Waals surface area contributed by atoms with E-state index in [4.69, 9.17) is 0 Å². The van der Waals surface area contributed by atoms with Gasteiger partial charge in [-0.15, -0.1) is 12.4 Å². The molecule has 1 saturated heterocycles. The van der Waals surface area contributed by atoms with Gasteiger partial charge in [-0.1, -0.05) is 0 Å². The van der Waals surface area contributed by atoms with Crippen molar-refractivity contribution in [3.63, 3.8) is 0 Å². The molecule has 1 aliphatic rings. The maximum atomic E-state index is 14.2. The van der Waals surface area contributed by atoms with Gasteiger partial charge in [0.05, 0.1) is 6.54 Å². The fraction of sp³-hybridized carbons (Fsp3) is 0.667. The molecule has 1 aliphatic heterocycles. The summed E-state index contributed by atoms with van der Waals surface area (Å²) < 4.78 is 14.2. The number of hydrogen-bond acceptors (Lipinski definition) is 4. The van der Waals surface area contributed by atoms with E-state index in [1.54, 1.807) is 12.4 Å². The largest absolute Gasteiger partial charge is 0.316 e. The summed E-state index contributed by atoms with van der Waals surface area (Å²) in [7, 11) is 0. The molecule has 1 aromatic rings. The van der Waals surface area contributed by atoms with Gasteiger partial charge in [0.1, 0.15) is 11.5 Å². The summed E-state index contributed by atoms with van der Waals surface area (Å²) in [5, 5.41) is 6.27. The SMILES string of the molecule is Cc1cnc(CNCC2(F)CCNCC2)nc1.Cl. The highest BCUT2D eigenvalue weighted by atomic mass is 35.5. The second kappa shape index (κ2) is 6.97. The smallest absolute Gasteiger partial charge is 0.141 e. The Morgan fingerprint density at radius 3 is 2.56 bits per heavy atom.